The van der Waals surface area contributed by atoms with Gasteiger partial charge in [-0.2, -0.15) is 0 Å². The standard InChI is InChI=1S/C16H23NO/c18-16-12-14(13-5-4-6-15(16)11-13)7-10-17-8-2-1-3-9-17/h1-3,8,13-15H,4-7,9-12H2. The molecule has 0 aromatic rings. The van der Waals surface area contributed by atoms with E-state index in [0.717, 1.165) is 25.4 Å². The van der Waals surface area contributed by atoms with E-state index in [4.69, 9.17) is 0 Å². The Morgan fingerprint density at radius 1 is 1.28 bits per heavy atom. The van der Waals surface area contributed by atoms with E-state index in [1.54, 1.807) is 0 Å². The van der Waals surface area contributed by atoms with Crippen LogP contribution >= 0.6 is 0 Å². The predicted molar refractivity (Wildman–Crippen MR) is 73.0 cm³/mol. The zero-order valence-electron chi connectivity index (χ0n) is 11.1. The molecular weight excluding hydrogens is 222 g/mol. The predicted octanol–water partition coefficient (Wildman–Crippen LogP) is 3.16. The van der Waals surface area contributed by atoms with Crippen molar-refractivity contribution in [1.82, 2.24) is 4.90 Å². The molecule has 18 heavy (non-hydrogen) atoms. The lowest BCUT2D eigenvalue weighted by molar-refractivity contribution is -0.129. The lowest BCUT2D eigenvalue weighted by Gasteiger charge is -2.40. The summed E-state index contributed by atoms with van der Waals surface area (Å²) >= 11 is 0. The molecular formula is C16H23NO. The van der Waals surface area contributed by atoms with Crippen LogP contribution in [0, 0.1) is 17.8 Å². The van der Waals surface area contributed by atoms with Gasteiger partial charge < -0.3 is 4.90 Å². The van der Waals surface area contributed by atoms with Crippen LogP contribution in [0.1, 0.15) is 38.5 Å². The van der Waals surface area contributed by atoms with Gasteiger partial charge in [-0.25, -0.2) is 0 Å². The number of nitrogens with zero attached hydrogens (tertiary/aromatic N) is 1. The maximum Gasteiger partial charge on any atom is 0.136 e. The van der Waals surface area contributed by atoms with E-state index in [1.165, 1.54) is 32.1 Å². The van der Waals surface area contributed by atoms with Crippen LogP contribution in [0.3, 0.4) is 0 Å². The number of rotatable bonds is 3. The number of hydrogen-bond donors (Lipinski definition) is 0. The minimum atomic E-state index is 0.429. The maximum absolute atomic E-state index is 12.0. The minimum Gasteiger partial charge on any atom is -0.374 e. The average Bonchev–Trinajstić information content (AvgIpc) is 2.43. The number of carbonyl (C=O) groups is 1. The van der Waals surface area contributed by atoms with Crippen molar-refractivity contribution in [3.63, 3.8) is 0 Å². The Labute approximate surface area is 110 Å². The molecule has 0 spiro atoms. The molecule has 0 aromatic carbocycles. The molecule has 0 aromatic heterocycles. The van der Waals surface area contributed by atoms with Crippen molar-refractivity contribution in [2.75, 3.05) is 13.1 Å². The quantitative estimate of drug-likeness (QED) is 0.761. The molecule has 3 unspecified atom stereocenters. The van der Waals surface area contributed by atoms with Crippen LogP contribution in [0.15, 0.2) is 24.4 Å². The summed E-state index contributed by atoms with van der Waals surface area (Å²) in [4.78, 5) is 14.4. The minimum absolute atomic E-state index is 0.429. The van der Waals surface area contributed by atoms with Crippen LogP contribution in [0.5, 0.6) is 0 Å². The fourth-order valence-corrected chi connectivity index (χ4v) is 3.88. The largest absolute Gasteiger partial charge is 0.374 e. The van der Waals surface area contributed by atoms with Crippen LogP contribution in [-0.2, 0) is 4.79 Å². The summed E-state index contributed by atoms with van der Waals surface area (Å²) in [6.07, 6.45) is 15.6. The highest BCUT2D eigenvalue weighted by Crippen LogP contribution is 2.42. The molecule has 2 nitrogen and oxygen atoms in total. The SMILES string of the molecule is O=C1CC(CCN2C=CC=CC2)C2CCCC1C2. The summed E-state index contributed by atoms with van der Waals surface area (Å²) in [6.45, 7) is 2.14. The molecule has 0 amide bonds. The third-order valence-electron chi connectivity index (χ3n) is 4.97. The average molecular weight is 245 g/mol. The van der Waals surface area contributed by atoms with Crippen LogP contribution in [0.4, 0.5) is 0 Å². The molecule has 98 valence electrons. The van der Waals surface area contributed by atoms with E-state index in [-0.39, 0.29) is 0 Å². The summed E-state index contributed by atoms with van der Waals surface area (Å²) < 4.78 is 0. The van der Waals surface area contributed by atoms with Crippen molar-refractivity contribution in [1.29, 1.82) is 0 Å². The number of allylic oxidation sites excluding steroid dienone is 2. The van der Waals surface area contributed by atoms with Crippen molar-refractivity contribution in [3.05, 3.63) is 24.4 Å². The second-order valence-corrected chi connectivity index (χ2v) is 6.11. The first-order valence-electron chi connectivity index (χ1n) is 7.43. The van der Waals surface area contributed by atoms with Gasteiger partial charge in [0.1, 0.15) is 5.78 Å². The highest BCUT2D eigenvalue weighted by atomic mass is 16.1. The Kier molecular flexibility index (Phi) is 3.53. The second-order valence-electron chi connectivity index (χ2n) is 6.11. The van der Waals surface area contributed by atoms with Gasteiger partial charge in [-0.3, -0.25) is 4.79 Å². The van der Waals surface area contributed by atoms with E-state index in [2.05, 4.69) is 29.3 Å². The molecule has 2 saturated carbocycles. The van der Waals surface area contributed by atoms with Gasteiger partial charge in [0.25, 0.3) is 0 Å². The van der Waals surface area contributed by atoms with Gasteiger partial charge in [0.05, 0.1) is 0 Å². The van der Waals surface area contributed by atoms with Crippen molar-refractivity contribution >= 4 is 5.78 Å². The van der Waals surface area contributed by atoms with E-state index in [0.29, 0.717) is 17.6 Å². The Morgan fingerprint density at radius 2 is 2.22 bits per heavy atom. The summed E-state index contributed by atoms with van der Waals surface area (Å²) in [5, 5.41) is 0. The number of hydrogen-bond acceptors (Lipinski definition) is 2. The molecule has 2 aliphatic carbocycles. The Morgan fingerprint density at radius 3 is 3.06 bits per heavy atom. The van der Waals surface area contributed by atoms with E-state index in [1.807, 2.05) is 0 Å². The van der Waals surface area contributed by atoms with Crippen LogP contribution < -0.4 is 0 Å². The highest BCUT2D eigenvalue weighted by molar-refractivity contribution is 5.82. The van der Waals surface area contributed by atoms with Crippen molar-refractivity contribution in [2.24, 2.45) is 17.8 Å². The second kappa shape index (κ2) is 5.29. The molecule has 1 heterocycles. The first-order chi connectivity index (χ1) is 8.83. The molecule has 3 aliphatic rings. The first-order valence-corrected chi connectivity index (χ1v) is 7.43. The topological polar surface area (TPSA) is 20.3 Å². The lowest BCUT2D eigenvalue weighted by Crippen LogP contribution is -2.36. The molecule has 1 aliphatic heterocycles. The van der Waals surface area contributed by atoms with Crippen LogP contribution in [0.2, 0.25) is 0 Å². The third kappa shape index (κ3) is 2.52. The number of Topliss-reactive ketones (excluding diaryl/α,β-unsaturated/α-hetero) is 1. The van der Waals surface area contributed by atoms with E-state index < -0.39 is 0 Å². The Hall–Kier alpha value is -1.05. The van der Waals surface area contributed by atoms with Crippen molar-refractivity contribution in [3.8, 4) is 0 Å². The number of fused-ring (bicyclic) bond motifs is 2. The van der Waals surface area contributed by atoms with Gasteiger partial charge >= 0.3 is 0 Å². The fraction of sp³-hybridized carbons (Fsp3) is 0.688. The molecule has 3 rings (SSSR count). The molecule has 3 atom stereocenters. The number of carbonyl (C=O) groups excluding carboxylic acids is 1. The highest BCUT2D eigenvalue weighted by Gasteiger charge is 2.37. The molecule has 0 saturated heterocycles. The normalized spacial score (nSPS) is 35.0. The summed E-state index contributed by atoms with van der Waals surface area (Å²) in [5.41, 5.74) is 0. The van der Waals surface area contributed by atoms with Crippen LogP contribution in [-0.4, -0.2) is 23.8 Å². The van der Waals surface area contributed by atoms with Gasteiger partial charge in [-0.15, -0.1) is 0 Å². The number of ketones is 1. The van der Waals surface area contributed by atoms with Gasteiger partial charge in [0.2, 0.25) is 0 Å². The maximum atomic E-state index is 12.0. The van der Waals surface area contributed by atoms with Crippen molar-refractivity contribution < 1.29 is 4.79 Å². The first kappa shape index (κ1) is 12.0. The fourth-order valence-electron chi connectivity index (χ4n) is 3.88. The summed E-state index contributed by atoms with van der Waals surface area (Å²) in [6, 6.07) is 0. The van der Waals surface area contributed by atoms with E-state index >= 15 is 0 Å². The van der Waals surface area contributed by atoms with Crippen LogP contribution in [0.25, 0.3) is 0 Å². The molecule has 2 heteroatoms. The summed E-state index contributed by atoms with van der Waals surface area (Å²) in [7, 11) is 0. The van der Waals surface area contributed by atoms with Gasteiger partial charge in [-0.1, -0.05) is 25.0 Å². The van der Waals surface area contributed by atoms with E-state index in [9.17, 15) is 4.79 Å². The molecule has 0 radical (unpaired) electrons. The zero-order chi connectivity index (χ0) is 12.4. The Balaban J connectivity index is 1.54. The molecule has 2 bridgehead atoms. The van der Waals surface area contributed by atoms with Crippen molar-refractivity contribution in [2.45, 2.75) is 38.5 Å². The van der Waals surface area contributed by atoms with Gasteiger partial charge in [0.15, 0.2) is 0 Å². The Bertz CT molecular complexity index is 371. The third-order valence-corrected chi connectivity index (χ3v) is 4.97. The lowest BCUT2D eigenvalue weighted by atomic mass is 9.65. The molecule has 0 N–H and O–H groups in total. The molecule has 2 fully saturated rings. The van der Waals surface area contributed by atoms with Gasteiger partial charge in [-0.05, 0) is 43.4 Å². The zero-order valence-corrected chi connectivity index (χ0v) is 11.1. The van der Waals surface area contributed by atoms with Gasteiger partial charge in [0, 0.05) is 25.4 Å². The smallest absolute Gasteiger partial charge is 0.136 e. The summed E-state index contributed by atoms with van der Waals surface area (Å²) in [5.74, 6) is 2.49. The monoisotopic (exact) mass is 245 g/mol.